The first-order chi connectivity index (χ1) is 8.18. The lowest BCUT2D eigenvalue weighted by Crippen LogP contribution is -2.17. The van der Waals surface area contributed by atoms with Crippen LogP contribution in [0.5, 0.6) is 0 Å². The largest absolute Gasteiger partial charge is 0.393 e. The fraction of sp³-hybridized carbons (Fsp3) is 0.571. The van der Waals surface area contributed by atoms with Crippen LogP contribution < -0.4 is 0 Å². The smallest absolute Gasteiger partial charge is 0.0785 e. The van der Waals surface area contributed by atoms with Gasteiger partial charge in [-0.2, -0.15) is 0 Å². The summed E-state index contributed by atoms with van der Waals surface area (Å²) in [6.45, 7) is 5.52. The molecule has 1 aromatic rings. The van der Waals surface area contributed by atoms with Crippen molar-refractivity contribution in [2.45, 2.75) is 39.1 Å². The highest BCUT2D eigenvalue weighted by molar-refractivity contribution is 5.13. The number of hydrogen-bond acceptors (Lipinski definition) is 3. The number of aliphatic hydroxyl groups is 1. The monoisotopic (exact) mass is 238 g/mol. The third-order valence-electron chi connectivity index (χ3n) is 2.41. The molecule has 0 saturated heterocycles. The van der Waals surface area contributed by atoms with E-state index in [0.29, 0.717) is 26.2 Å². The van der Waals surface area contributed by atoms with Gasteiger partial charge in [-0.3, -0.25) is 0 Å². The van der Waals surface area contributed by atoms with Crippen LogP contribution in [0.25, 0.3) is 0 Å². The van der Waals surface area contributed by atoms with Gasteiger partial charge in [-0.1, -0.05) is 30.3 Å². The van der Waals surface area contributed by atoms with E-state index in [2.05, 4.69) is 0 Å². The Morgan fingerprint density at radius 1 is 1.18 bits per heavy atom. The van der Waals surface area contributed by atoms with Crippen molar-refractivity contribution in [2.75, 3.05) is 13.2 Å². The minimum atomic E-state index is -0.296. The Morgan fingerprint density at radius 3 is 2.53 bits per heavy atom. The summed E-state index contributed by atoms with van der Waals surface area (Å²) in [5, 5.41) is 9.06. The molecule has 1 aromatic carbocycles. The van der Waals surface area contributed by atoms with Gasteiger partial charge in [0.15, 0.2) is 0 Å². The fourth-order valence-electron chi connectivity index (χ4n) is 1.36. The average molecular weight is 238 g/mol. The van der Waals surface area contributed by atoms with Crippen molar-refractivity contribution in [1.82, 2.24) is 0 Å². The van der Waals surface area contributed by atoms with Gasteiger partial charge in [0.1, 0.15) is 0 Å². The summed E-state index contributed by atoms with van der Waals surface area (Å²) in [7, 11) is 0. The maximum atomic E-state index is 9.06. The van der Waals surface area contributed by atoms with Gasteiger partial charge in [-0.15, -0.1) is 0 Å². The normalized spacial score (nSPS) is 14.5. The number of hydrogen-bond donors (Lipinski definition) is 1. The third-order valence-corrected chi connectivity index (χ3v) is 2.41. The first-order valence-electron chi connectivity index (χ1n) is 6.10. The van der Waals surface area contributed by atoms with Gasteiger partial charge in [0.2, 0.25) is 0 Å². The minimum absolute atomic E-state index is 0.0733. The van der Waals surface area contributed by atoms with Crippen LogP contribution in [0.4, 0.5) is 0 Å². The molecule has 1 N–H and O–H groups in total. The summed E-state index contributed by atoms with van der Waals surface area (Å²) in [5.41, 5.74) is 1.17. The highest BCUT2D eigenvalue weighted by atomic mass is 16.5. The van der Waals surface area contributed by atoms with Crippen molar-refractivity contribution < 1.29 is 14.6 Å². The molecule has 0 fully saturated rings. The third kappa shape index (κ3) is 7.10. The maximum Gasteiger partial charge on any atom is 0.0785 e. The zero-order valence-electron chi connectivity index (χ0n) is 10.6. The second-order valence-corrected chi connectivity index (χ2v) is 4.32. The van der Waals surface area contributed by atoms with Gasteiger partial charge in [0, 0.05) is 6.61 Å². The molecule has 0 bridgehead atoms. The Hall–Kier alpha value is -0.900. The molecule has 2 atom stereocenters. The molecule has 1 rings (SSSR count). The van der Waals surface area contributed by atoms with Crippen molar-refractivity contribution in [3.8, 4) is 0 Å². The number of ether oxygens (including phenoxy) is 2. The Bertz CT molecular complexity index is 285. The topological polar surface area (TPSA) is 38.7 Å². The first kappa shape index (κ1) is 14.2. The lowest BCUT2D eigenvalue weighted by Gasteiger charge is -2.14. The summed E-state index contributed by atoms with van der Waals surface area (Å²) < 4.78 is 11.1. The van der Waals surface area contributed by atoms with Crippen LogP contribution >= 0.6 is 0 Å². The van der Waals surface area contributed by atoms with E-state index in [9.17, 15) is 0 Å². The van der Waals surface area contributed by atoms with E-state index < -0.39 is 0 Å². The summed E-state index contributed by atoms with van der Waals surface area (Å²) in [4.78, 5) is 0. The van der Waals surface area contributed by atoms with Crippen molar-refractivity contribution in [3.05, 3.63) is 35.9 Å². The summed E-state index contributed by atoms with van der Waals surface area (Å²) >= 11 is 0. The van der Waals surface area contributed by atoms with E-state index in [1.807, 2.05) is 37.3 Å². The molecular weight excluding hydrogens is 216 g/mol. The molecule has 0 radical (unpaired) electrons. The predicted octanol–water partition coefficient (Wildman–Crippen LogP) is 2.38. The summed E-state index contributed by atoms with van der Waals surface area (Å²) in [6.07, 6.45) is 0.450. The van der Waals surface area contributed by atoms with Crippen molar-refractivity contribution in [3.63, 3.8) is 0 Å². The van der Waals surface area contributed by atoms with Crippen LogP contribution in [0.1, 0.15) is 25.8 Å². The van der Waals surface area contributed by atoms with E-state index in [1.165, 1.54) is 5.56 Å². The quantitative estimate of drug-likeness (QED) is 0.707. The molecule has 3 heteroatoms. The second kappa shape index (κ2) is 8.23. The van der Waals surface area contributed by atoms with Gasteiger partial charge in [0.05, 0.1) is 25.4 Å². The Labute approximate surface area is 103 Å². The van der Waals surface area contributed by atoms with Crippen LogP contribution in [0.2, 0.25) is 0 Å². The number of rotatable bonds is 8. The predicted molar refractivity (Wildman–Crippen MR) is 67.8 cm³/mol. The fourth-order valence-corrected chi connectivity index (χ4v) is 1.36. The second-order valence-electron chi connectivity index (χ2n) is 4.32. The van der Waals surface area contributed by atoms with Crippen molar-refractivity contribution >= 4 is 0 Å². The van der Waals surface area contributed by atoms with Crippen LogP contribution in [0.3, 0.4) is 0 Å². The zero-order valence-corrected chi connectivity index (χ0v) is 10.6. The molecule has 17 heavy (non-hydrogen) atoms. The maximum absolute atomic E-state index is 9.06. The molecular formula is C14H22O3. The van der Waals surface area contributed by atoms with E-state index in [4.69, 9.17) is 14.6 Å². The van der Waals surface area contributed by atoms with Gasteiger partial charge in [0.25, 0.3) is 0 Å². The van der Waals surface area contributed by atoms with Crippen molar-refractivity contribution in [2.24, 2.45) is 0 Å². The molecule has 2 unspecified atom stereocenters. The molecule has 3 nitrogen and oxygen atoms in total. The van der Waals surface area contributed by atoms with E-state index >= 15 is 0 Å². The lowest BCUT2D eigenvalue weighted by molar-refractivity contribution is -0.0203. The van der Waals surface area contributed by atoms with Gasteiger partial charge in [-0.05, 0) is 25.8 Å². The molecule has 0 saturated carbocycles. The SMILES string of the molecule is CC(O)CCOCC(C)OCc1ccccc1. The molecule has 0 aliphatic carbocycles. The van der Waals surface area contributed by atoms with Gasteiger partial charge >= 0.3 is 0 Å². The summed E-state index contributed by atoms with van der Waals surface area (Å²) in [6, 6.07) is 10.1. The Kier molecular flexibility index (Phi) is 6.86. The van der Waals surface area contributed by atoms with Crippen LogP contribution in [0, 0.1) is 0 Å². The van der Waals surface area contributed by atoms with Gasteiger partial charge in [-0.25, -0.2) is 0 Å². The molecule has 0 spiro atoms. The Morgan fingerprint density at radius 2 is 1.88 bits per heavy atom. The van der Waals surface area contributed by atoms with Crippen molar-refractivity contribution in [1.29, 1.82) is 0 Å². The highest BCUT2D eigenvalue weighted by Gasteiger charge is 2.03. The molecule has 0 aromatic heterocycles. The number of aliphatic hydroxyl groups excluding tert-OH is 1. The molecule has 0 aliphatic heterocycles. The van der Waals surface area contributed by atoms with E-state index in [-0.39, 0.29) is 12.2 Å². The van der Waals surface area contributed by atoms with Gasteiger partial charge < -0.3 is 14.6 Å². The molecule has 0 aliphatic rings. The standard InChI is InChI=1S/C14H22O3/c1-12(15)8-9-16-10-13(2)17-11-14-6-4-3-5-7-14/h3-7,12-13,15H,8-11H2,1-2H3. The van der Waals surface area contributed by atoms with E-state index in [1.54, 1.807) is 6.92 Å². The van der Waals surface area contributed by atoms with Crippen LogP contribution in [0.15, 0.2) is 30.3 Å². The summed E-state index contributed by atoms with van der Waals surface area (Å²) in [5.74, 6) is 0. The molecule has 96 valence electrons. The lowest BCUT2D eigenvalue weighted by atomic mass is 10.2. The molecule has 0 amide bonds. The van der Waals surface area contributed by atoms with E-state index in [0.717, 1.165) is 0 Å². The zero-order chi connectivity index (χ0) is 12.5. The minimum Gasteiger partial charge on any atom is -0.393 e. The first-order valence-corrected chi connectivity index (χ1v) is 6.10. The highest BCUT2D eigenvalue weighted by Crippen LogP contribution is 2.03. The van der Waals surface area contributed by atoms with Crippen LogP contribution in [-0.2, 0) is 16.1 Å². The number of benzene rings is 1. The van der Waals surface area contributed by atoms with Crippen LogP contribution in [-0.4, -0.2) is 30.5 Å². The molecule has 0 heterocycles. The average Bonchev–Trinajstić information content (AvgIpc) is 2.33. The Balaban J connectivity index is 2.07.